The Morgan fingerprint density at radius 2 is 2.29 bits per heavy atom. The maximum Gasteiger partial charge on any atom is 0.243 e. The zero-order valence-corrected chi connectivity index (χ0v) is 16.2. The lowest BCUT2D eigenvalue weighted by Crippen LogP contribution is -2.44. The van der Waals surface area contributed by atoms with Gasteiger partial charge in [0.1, 0.15) is 5.82 Å². The van der Waals surface area contributed by atoms with Gasteiger partial charge in [-0.15, -0.1) is 24.0 Å². The Morgan fingerprint density at radius 3 is 2.92 bits per heavy atom. The fourth-order valence-corrected chi connectivity index (χ4v) is 2.52. The van der Waals surface area contributed by atoms with Crippen LogP contribution in [0, 0.1) is 11.7 Å². The van der Waals surface area contributed by atoms with Gasteiger partial charge < -0.3 is 20.3 Å². The number of guanidine groups is 1. The maximum absolute atomic E-state index is 13.1. The number of nitrogens with zero attached hydrogens (tertiary/aromatic N) is 2. The van der Waals surface area contributed by atoms with Crippen molar-refractivity contribution in [3.8, 4) is 0 Å². The molecule has 0 spiro atoms. The Bertz CT molecular complexity index is 565. The summed E-state index contributed by atoms with van der Waals surface area (Å²) in [5, 5.41) is 5.65. The summed E-state index contributed by atoms with van der Waals surface area (Å²) in [5.41, 5.74) is 0.434. The van der Waals surface area contributed by atoms with E-state index in [2.05, 4.69) is 15.6 Å². The standard InChI is InChI=1S/C16H23FN4O2.HI/c1-18-16(21(2)10-12-6-7-23-11-12)19-9-15(22)20-14-5-3-4-13(17)8-14;/h3-5,8,12H,6-7,9-11H2,1-2H3,(H,18,19)(H,20,22);1H. The number of hydrogen-bond donors (Lipinski definition) is 2. The number of hydrogen-bond acceptors (Lipinski definition) is 3. The first kappa shape index (κ1) is 20.6. The van der Waals surface area contributed by atoms with Gasteiger partial charge in [-0.1, -0.05) is 6.07 Å². The number of amides is 1. The minimum absolute atomic E-state index is 0. The molecule has 1 atom stereocenters. The Labute approximate surface area is 158 Å². The van der Waals surface area contributed by atoms with Gasteiger partial charge in [-0.2, -0.15) is 0 Å². The average Bonchev–Trinajstić information content (AvgIpc) is 3.00. The van der Waals surface area contributed by atoms with Gasteiger partial charge >= 0.3 is 0 Å². The molecule has 0 bridgehead atoms. The summed E-state index contributed by atoms with van der Waals surface area (Å²) in [6.07, 6.45) is 1.04. The van der Waals surface area contributed by atoms with Crippen LogP contribution in [-0.4, -0.2) is 57.2 Å². The Kier molecular flexibility index (Phi) is 8.98. The van der Waals surface area contributed by atoms with Crippen molar-refractivity contribution in [2.24, 2.45) is 10.9 Å². The lowest BCUT2D eigenvalue weighted by atomic mass is 10.1. The number of ether oxygens (including phenoxy) is 1. The van der Waals surface area contributed by atoms with Gasteiger partial charge in [-0.25, -0.2) is 4.39 Å². The summed E-state index contributed by atoms with van der Waals surface area (Å²) in [5.74, 6) is 0.491. The highest BCUT2D eigenvalue weighted by Gasteiger charge is 2.19. The fourth-order valence-electron chi connectivity index (χ4n) is 2.52. The SMILES string of the molecule is CN=C(NCC(=O)Nc1cccc(F)c1)N(C)CC1CCOC1.I. The van der Waals surface area contributed by atoms with Crippen LogP contribution >= 0.6 is 24.0 Å². The first-order chi connectivity index (χ1) is 11.1. The van der Waals surface area contributed by atoms with E-state index >= 15 is 0 Å². The summed E-state index contributed by atoms with van der Waals surface area (Å²) < 4.78 is 18.4. The first-order valence-corrected chi connectivity index (χ1v) is 7.63. The van der Waals surface area contributed by atoms with Crippen molar-refractivity contribution in [1.29, 1.82) is 0 Å². The van der Waals surface area contributed by atoms with E-state index in [1.807, 2.05) is 11.9 Å². The van der Waals surface area contributed by atoms with Gasteiger partial charge in [0, 0.05) is 38.9 Å². The molecule has 134 valence electrons. The molecule has 1 fully saturated rings. The third-order valence-electron chi connectivity index (χ3n) is 3.64. The van der Waals surface area contributed by atoms with E-state index in [4.69, 9.17) is 4.74 Å². The molecule has 2 rings (SSSR count). The Morgan fingerprint density at radius 1 is 1.50 bits per heavy atom. The number of rotatable bonds is 5. The number of benzene rings is 1. The molecular formula is C16H24FIN4O2. The lowest BCUT2D eigenvalue weighted by molar-refractivity contribution is -0.115. The summed E-state index contributed by atoms with van der Waals surface area (Å²) in [4.78, 5) is 18.1. The second-order valence-corrected chi connectivity index (χ2v) is 5.57. The van der Waals surface area contributed by atoms with Crippen LogP contribution in [0.3, 0.4) is 0 Å². The van der Waals surface area contributed by atoms with E-state index in [9.17, 15) is 9.18 Å². The van der Waals surface area contributed by atoms with Crippen LogP contribution in [0.15, 0.2) is 29.3 Å². The molecule has 6 nitrogen and oxygen atoms in total. The van der Waals surface area contributed by atoms with Crippen LogP contribution in [0.1, 0.15) is 6.42 Å². The zero-order valence-electron chi connectivity index (χ0n) is 13.9. The molecule has 1 saturated heterocycles. The van der Waals surface area contributed by atoms with Crippen LogP contribution < -0.4 is 10.6 Å². The molecule has 24 heavy (non-hydrogen) atoms. The largest absolute Gasteiger partial charge is 0.381 e. The third kappa shape index (κ3) is 6.60. The van der Waals surface area contributed by atoms with Crippen molar-refractivity contribution in [3.05, 3.63) is 30.1 Å². The second kappa shape index (κ2) is 10.4. The topological polar surface area (TPSA) is 66.0 Å². The average molecular weight is 450 g/mol. The van der Waals surface area contributed by atoms with E-state index in [-0.39, 0.29) is 42.2 Å². The normalized spacial score (nSPS) is 17.1. The van der Waals surface area contributed by atoms with Crippen molar-refractivity contribution >= 4 is 41.5 Å². The third-order valence-corrected chi connectivity index (χ3v) is 3.64. The van der Waals surface area contributed by atoms with E-state index < -0.39 is 0 Å². The fraction of sp³-hybridized carbons (Fsp3) is 0.500. The molecular weight excluding hydrogens is 426 g/mol. The number of anilines is 1. The lowest BCUT2D eigenvalue weighted by Gasteiger charge is -2.24. The van der Waals surface area contributed by atoms with Crippen LogP contribution in [0.2, 0.25) is 0 Å². The van der Waals surface area contributed by atoms with Gasteiger partial charge in [-0.05, 0) is 24.6 Å². The second-order valence-electron chi connectivity index (χ2n) is 5.57. The van der Waals surface area contributed by atoms with Gasteiger partial charge in [0.15, 0.2) is 5.96 Å². The zero-order chi connectivity index (χ0) is 16.7. The molecule has 1 aliphatic heterocycles. The molecule has 8 heteroatoms. The molecule has 1 aliphatic rings. The van der Waals surface area contributed by atoms with E-state index in [1.165, 1.54) is 12.1 Å². The van der Waals surface area contributed by atoms with Crippen molar-refractivity contribution in [2.45, 2.75) is 6.42 Å². The Balaban J connectivity index is 0.00000288. The highest BCUT2D eigenvalue weighted by atomic mass is 127. The van der Waals surface area contributed by atoms with Gasteiger partial charge in [0.05, 0.1) is 13.2 Å². The first-order valence-electron chi connectivity index (χ1n) is 7.63. The molecule has 1 unspecified atom stereocenters. The predicted octanol–water partition coefficient (Wildman–Crippen LogP) is 1.93. The quantitative estimate of drug-likeness (QED) is 0.409. The van der Waals surface area contributed by atoms with Gasteiger partial charge in [-0.3, -0.25) is 9.79 Å². The maximum atomic E-state index is 13.1. The monoisotopic (exact) mass is 450 g/mol. The van der Waals surface area contributed by atoms with Gasteiger partial charge in [0.2, 0.25) is 5.91 Å². The number of carbonyl (C=O) groups is 1. The number of carbonyl (C=O) groups excluding carboxylic acids is 1. The van der Waals surface area contributed by atoms with Crippen LogP contribution in [0.25, 0.3) is 0 Å². The number of halogens is 2. The van der Waals surface area contributed by atoms with E-state index in [0.717, 1.165) is 26.2 Å². The van der Waals surface area contributed by atoms with Crippen molar-refractivity contribution in [1.82, 2.24) is 10.2 Å². The predicted molar refractivity (Wildman–Crippen MR) is 103 cm³/mol. The summed E-state index contributed by atoms with van der Waals surface area (Å²) in [6.45, 7) is 2.46. The molecule has 0 aromatic heterocycles. The van der Waals surface area contributed by atoms with E-state index in [1.54, 1.807) is 19.2 Å². The molecule has 1 heterocycles. The van der Waals surface area contributed by atoms with Crippen molar-refractivity contribution in [3.63, 3.8) is 0 Å². The number of nitrogens with one attached hydrogen (secondary N) is 2. The Hall–Kier alpha value is -1.42. The highest BCUT2D eigenvalue weighted by molar-refractivity contribution is 14.0. The highest BCUT2D eigenvalue weighted by Crippen LogP contribution is 2.13. The molecule has 1 amide bonds. The van der Waals surface area contributed by atoms with Crippen molar-refractivity contribution in [2.75, 3.05) is 45.7 Å². The summed E-state index contributed by atoms with van der Waals surface area (Å²) in [7, 11) is 3.60. The molecule has 0 aliphatic carbocycles. The van der Waals surface area contributed by atoms with Crippen molar-refractivity contribution < 1.29 is 13.9 Å². The summed E-state index contributed by atoms with van der Waals surface area (Å²) in [6, 6.07) is 5.80. The molecule has 1 aromatic carbocycles. The molecule has 0 saturated carbocycles. The van der Waals surface area contributed by atoms with Crippen LogP contribution in [-0.2, 0) is 9.53 Å². The van der Waals surface area contributed by atoms with Crippen LogP contribution in [0.5, 0.6) is 0 Å². The summed E-state index contributed by atoms with van der Waals surface area (Å²) >= 11 is 0. The molecule has 2 N–H and O–H groups in total. The van der Waals surface area contributed by atoms with E-state index in [0.29, 0.717) is 17.6 Å². The number of aliphatic imine (C=N–C) groups is 1. The minimum Gasteiger partial charge on any atom is -0.381 e. The van der Waals surface area contributed by atoms with Gasteiger partial charge in [0.25, 0.3) is 0 Å². The van der Waals surface area contributed by atoms with Crippen LogP contribution in [0.4, 0.5) is 10.1 Å². The molecule has 0 radical (unpaired) electrons. The molecule has 1 aromatic rings. The smallest absolute Gasteiger partial charge is 0.243 e. The minimum atomic E-state index is -0.384.